The molecule has 1 aromatic rings. The summed E-state index contributed by atoms with van der Waals surface area (Å²) in [6.07, 6.45) is 2.44. The molecule has 0 unspecified atom stereocenters. The molecule has 2 rings (SSSR count). The fraction of sp³-hybridized carbons (Fsp3) is 0.188. The van der Waals surface area contributed by atoms with Crippen molar-refractivity contribution in [3.63, 3.8) is 0 Å². The lowest BCUT2D eigenvalue weighted by molar-refractivity contribution is -0.139. The second-order valence-electron chi connectivity index (χ2n) is 4.83. The first-order chi connectivity index (χ1) is 12.9. The fourth-order valence-electron chi connectivity index (χ4n) is 1.81. The van der Waals surface area contributed by atoms with Crippen LogP contribution in [0.1, 0.15) is 5.56 Å². The molecule has 27 heavy (non-hydrogen) atoms. The molecule has 142 valence electrons. The lowest BCUT2D eigenvalue weighted by atomic mass is 10.2. The van der Waals surface area contributed by atoms with Crippen LogP contribution < -0.4 is 14.8 Å². The van der Waals surface area contributed by atoms with Crippen molar-refractivity contribution in [1.29, 1.82) is 0 Å². The van der Waals surface area contributed by atoms with Crippen LogP contribution in [-0.4, -0.2) is 55.2 Å². The number of thioether (sulfide) groups is 1. The van der Waals surface area contributed by atoms with E-state index in [1.807, 2.05) is 0 Å². The summed E-state index contributed by atoms with van der Waals surface area (Å²) in [5, 5.41) is 19.1. The molecule has 0 spiro atoms. The van der Waals surface area contributed by atoms with E-state index in [1.54, 1.807) is 12.1 Å². The van der Waals surface area contributed by atoms with Crippen molar-refractivity contribution >= 4 is 41.0 Å². The first-order valence-electron chi connectivity index (χ1n) is 7.35. The number of amidine groups is 1. The van der Waals surface area contributed by atoms with Gasteiger partial charge in [-0.15, -0.1) is 5.10 Å². The Morgan fingerprint density at radius 2 is 2.07 bits per heavy atom. The maximum atomic E-state index is 11.7. The highest BCUT2D eigenvalue weighted by Crippen LogP contribution is 2.27. The molecule has 1 amide bonds. The number of carbonyl (C=O) groups excluding carboxylic acids is 2. The summed E-state index contributed by atoms with van der Waals surface area (Å²) in [6, 6.07) is 4.79. The van der Waals surface area contributed by atoms with Crippen LogP contribution in [0.4, 0.5) is 0 Å². The number of nitrogens with zero attached hydrogens (tertiary/aromatic N) is 2. The van der Waals surface area contributed by atoms with Crippen LogP contribution >= 0.6 is 11.8 Å². The molecule has 11 heteroatoms. The molecule has 0 saturated carbocycles. The van der Waals surface area contributed by atoms with E-state index in [0.29, 0.717) is 11.3 Å². The van der Waals surface area contributed by atoms with Gasteiger partial charge in [0, 0.05) is 6.08 Å². The molecule has 0 radical (unpaired) electrons. The minimum atomic E-state index is -1.12. The lowest BCUT2D eigenvalue weighted by Gasteiger charge is -2.09. The molecule has 0 aliphatic carbocycles. The van der Waals surface area contributed by atoms with Gasteiger partial charge in [-0.1, -0.05) is 0 Å². The Morgan fingerprint density at radius 3 is 2.74 bits per heavy atom. The third-order valence-corrected chi connectivity index (χ3v) is 3.90. The predicted molar refractivity (Wildman–Crippen MR) is 97.0 cm³/mol. The second kappa shape index (κ2) is 9.38. The summed E-state index contributed by atoms with van der Waals surface area (Å²) in [7, 11) is 2.64. The Hall–Kier alpha value is -3.34. The van der Waals surface area contributed by atoms with Gasteiger partial charge in [0.25, 0.3) is 5.91 Å². The van der Waals surface area contributed by atoms with Crippen LogP contribution in [0.15, 0.2) is 39.4 Å². The Labute approximate surface area is 157 Å². The van der Waals surface area contributed by atoms with Crippen LogP contribution in [0, 0.1) is 0 Å². The van der Waals surface area contributed by atoms with Crippen LogP contribution in [0.25, 0.3) is 0 Å². The number of carbonyl (C=O) groups is 3. The molecule has 1 aromatic carbocycles. The summed E-state index contributed by atoms with van der Waals surface area (Å²) >= 11 is 0.944. The number of hydrogen-bond donors (Lipinski definition) is 2. The first-order valence-corrected chi connectivity index (χ1v) is 8.17. The summed E-state index contributed by atoms with van der Waals surface area (Å²) in [5.41, 5.74) is 0.570. The van der Waals surface area contributed by atoms with E-state index in [-0.39, 0.29) is 15.8 Å². The summed E-state index contributed by atoms with van der Waals surface area (Å²) in [6.45, 7) is -0.517. The monoisotopic (exact) mass is 393 g/mol. The van der Waals surface area contributed by atoms with Gasteiger partial charge in [-0.2, -0.15) is 5.10 Å². The number of methoxy groups -OCH3 is 2. The number of hydrogen-bond acceptors (Lipinski definition) is 9. The number of aliphatic carboxylic acids is 1. The van der Waals surface area contributed by atoms with Gasteiger partial charge in [-0.25, -0.2) is 9.59 Å². The molecule has 1 aliphatic rings. The maximum Gasteiger partial charge on any atom is 0.341 e. The minimum Gasteiger partial charge on any atom is -0.493 e. The van der Waals surface area contributed by atoms with E-state index in [0.717, 1.165) is 17.8 Å². The fourth-order valence-corrected chi connectivity index (χ4v) is 2.55. The van der Waals surface area contributed by atoms with Gasteiger partial charge in [0.2, 0.25) is 0 Å². The highest BCUT2D eigenvalue weighted by atomic mass is 32.2. The zero-order valence-corrected chi connectivity index (χ0v) is 15.1. The number of esters is 1. The van der Waals surface area contributed by atoms with Crippen molar-refractivity contribution in [2.24, 2.45) is 10.2 Å². The van der Waals surface area contributed by atoms with Crippen molar-refractivity contribution in [3.05, 3.63) is 34.7 Å². The zero-order valence-electron chi connectivity index (χ0n) is 14.3. The summed E-state index contributed by atoms with van der Waals surface area (Å²) in [4.78, 5) is 33.6. The number of carboxylic acids is 1. The van der Waals surface area contributed by atoms with Crippen LogP contribution in [0.2, 0.25) is 0 Å². The van der Waals surface area contributed by atoms with Gasteiger partial charge in [0.15, 0.2) is 23.3 Å². The Balaban J connectivity index is 2.09. The zero-order chi connectivity index (χ0) is 19.8. The van der Waals surface area contributed by atoms with Crippen molar-refractivity contribution in [2.75, 3.05) is 20.8 Å². The highest BCUT2D eigenvalue weighted by molar-refractivity contribution is 8.18. The minimum absolute atomic E-state index is 0.143. The van der Waals surface area contributed by atoms with E-state index in [1.165, 1.54) is 26.5 Å². The largest absolute Gasteiger partial charge is 0.493 e. The number of carboxylic acid groups (broad SMARTS) is 1. The molecule has 1 aliphatic heterocycles. The van der Waals surface area contributed by atoms with E-state index < -0.39 is 24.5 Å². The molecule has 1 heterocycles. The number of ether oxygens (including phenoxy) is 3. The SMILES string of the molecule is COC(=O)/C=C1/S/C(=N\N=Cc2ccc(OC)c(OCC(=O)O)c2)NC1=O. The van der Waals surface area contributed by atoms with Crippen LogP contribution in [-0.2, 0) is 19.1 Å². The van der Waals surface area contributed by atoms with Crippen molar-refractivity contribution < 1.29 is 33.7 Å². The smallest absolute Gasteiger partial charge is 0.341 e. The molecule has 0 aromatic heterocycles. The number of benzene rings is 1. The lowest BCUT2D eigenvalue weighted by Crippen LogP contribution is -2.19. The van der Waals surface area contributed by atoms with E-state index >= 15 is 0 Å². The standard InChI is InChI=1S/C16H15N3O7S/c1-24-10-4-3-9(5-11(10)26-8-13(20)21)7-17-19-16-18-15(23)12(27-16)6-14(22)25-2/h3-7H,8H2,1-2H3,(H,20,21)(H,18,19,23)/b12-6+,17-7?. The second-order valence-corrected chi connectivity index (χ2v) is 5.86. The normalized spacial score (nSPS) is 16.6. The van der Waals surface area contributed by atoms with Gasteiger partial charge in [-0.05, 0) is 35.5 Å². The predicted octanol–water partition coefficient (Wildman–Crippen LogP) is 0.768. The molecule has 0 bridgehead atoms. The van der Waals surface area contributed by atoms with Gasteiger partial charge in [0.1, 0.15) is 0 Å². The van der Waals surface area contributed by atoms with Gasteiger partial charge < -0.3 is 19.3 Å². The van der Waals surface area contributed by atoms with Gasteiger partial charge >= 0.3 is 11.9 Å². The molecular formula is C16H15N3O7S. The van der Waals surface area contributed by atoms with Crippen LogP contribution in [0.5, 0.6) is 11.5 Å². The topological polar surface area (TPSA) is 136 Å². The van der Waals surface area contributed by atoms with E-state index in [4.69, 9.17) is 14.6 Å². The average molecular weight is 393 g/mol. The quantitative estimate of drug-likeness (QED) is 0.300. The Bertz CT molecular complexity index is 848. The van der Waals surface area contributed by atoms with Crippen molar-refractivity contribution in [2.45, 2.75) is 0 Å². The highest BCUT2D eigenvalue weighted by Gasteiger charge is 2.25. The summed E-state index contributed by atoms with van der Waals surface area (Å²) < 4.78 is 14.7. The third kappa shape index (κ3) is 5.85. The molecule has 0 atom stereocenters. The Morgan fingerprint density at radius 1 is 1.30 bits per heavy atom. The number of nitrogens with one attached hydrogen (secondary N) is 1. The summed E-state index contributed by atoms with van der Waals surface area (Å²) in [5.74, 6) is -1.63. The molecule has 1 saturated heterocycles. The Kier molecular flexibility index (Phi) is 6.94. The maximum absolute atomic E-state index is 11.7. The number of rotatable bonds is 7. The molecule has 10 nitrogen and oxygen atoms in total. The molecular weight excluding hydrogens is 378 g/mol. The van der Waals surface area contributed by atoms with Crippen LogP contribution in [0.3, 0.4) is 0 Å². The number of amides is 1. The van der Waals surface area contributed by atoms with Gasteiger partial charge in [0.05, 0.1) is 25.3 Å². The third-order valence-electron chi connectivity index (χ3n) is 3.00. The molecule has 1 fully saturated rings. The van der Waals surface area contributed by atoms with E-state index in [9.17, 15) is 14.4 Å². The first kappa shape index (κ1) is 20.0. The van der Waals surface area contributed by atoms with Crippen molar-refractivity contribution in [3.8, 4) is 11.5 Å². The van der Waals surface area contributed by atoms with Crippen molar-refractivity contribution in [1.82, 2.24) is 5.32 Å². The van der Waals surface area contributed by atoms with E-state index in [2.05, 4.69) is 20.3 Å². The van der Waals surface area contributed by atoms with Gasteiger partial charge in [-0.3, -0.25) is 10.1 Å². The molecule has 2 N–H and O–H groups in total. The average Bonchev–Trinajstić information content (AvgIpc) is 2.99.